The van der Waals surface area contributed by atoms with Gasteiger partial charge in [0.15, 0.2) is 0 Å². The molecule has 0 spiro atoms. The molecule has 1 fully saturated rings. The molecule has 6 N–H and O–H groups in total. The van der Waals surface area contributed by atoms with Crippen LogP contribution in [0.3, 0.4) is 0 Å². The number of hydrogen-bond acceptors (Lipinski definition) is 5. The molecule has 19 heavy (non-hydrogen) atoms. The van der Waals surface area contributed by atoms with Gasteiger partial charge in [-0.25, -0.2) is 0 Å². The highest BCUT2D eigenvalue weighted by atomic mass is 16.4. The highest BCUT2D eigenvalue weighted by Crippen LogP contribution is 2.11. The van der Waals surface area contributed by atoms with E-state index in [-0.39, 0.29) is 19.5 Å². The van der Waals surface area contributed by atoms with Gasteiger partial charge < -0.3 is 26.8 Å². The smallest absolute Gasteiger partial charge is 0.305 e. The van der Waals surface area contributed by atoms with E-state index in [2.05, 4.69) is 5.32 Å². The van der Waals surface area contributed by atoms with Crippen LogP contribution in [0.25, 0.3) is 0 Å². The number of nitrogens with two attached hydrogens (primary N) is 2. The topological polar surface area (TPSA) is 156 Å². The van der Waals surface area contributed by atoms with E-state index in [9.17, 15) is 19.2 Å². The Morgan fingerprint density at radius 2 is 2.11 bits per heavy atom. The molecule has 0 aromatic heterocycles. The van der Waals surface area contributed by atoms with Crippen molar-refractivity contribution in [2.45, 2.75) is 24.9 Å². The van der Waals surface area contributed by atoms with Crippen molar-refractivity contribution in [3.05, 3.63) is 0 Å². The number of nitrogens with one attached hydrogen (secondary N) is 1. The van der Waals surface area contributed by atoms with Crippen molar-refractivity contribution in [2.24, 2.45) is 11.5 Å². The Kier molecular flexibility index (Phi) is 4.81. The monoisotopic (exact) mass is 272 g/mol. The average molecular weight is 272 g/mol. The summed E-state index contributed by atoms with van der Waals surface area (Å²) < 4.78 is 0. The van der Waals surface area contributed by atoms with Gasteiger partial charge >= 0.3 is 5.97 Å². The lowest BCUT2D eigenvalue weighted by atomic mass is 10.1. The van der Waals surface area contributed by atoms with Gasteiger partial charge in [-0.1, -0.05) is 0 Å². The van der Waals surface area contributed by atoms with Gasteiger partial charge in [-0.2, -0.15) is 0 Å². The maximum atomic E-state index is 12.0. The van der Waals surface area contributed by atoms with Crippen LogP contribution in [0.4, 0.5) is 0 Å². The van der Waals surface area contributed by atoms with E-state index >= 15 is 0 Å². The van der Waals surface area contributed by atoms with Crippen LogP contribution in [0.5, 0.6) is 0 Å². The number of nitrogens with zero attached hydrogens (tertiary/aromatic N) is 1. The first-order valence-corrected chi connectivity index (χ1v) is 5.66. The lowest BCUT2D eigenvalue weighted by Gasteiger charge is -2.35. The van der Waals surface area contributed by atoms with E-state index in [1.165, 1.54) is 0 Å². The van der Waals surface area contributed by atoms with Crippen LogP contribution in [0.15, 0.2) is 0 Å². The Balaban J connectivity index is 2.81. The molecule has 1 heterocycles. The van der Waals surface area contributed by atoms with Gasteiger partial charge in [-0.05, 0) is 0 Å². The SMILES string of the molecule is NC(=O)CC(N)C(=O)N1CCNC(=O)C1CC(=O)O. The fourth-order valence-corrected chi connectivity index (χ4v) is 1.86. The first-order chi connectivity index (χ1) is 8.82. The van der Waals surface area contributed by atoms with Crippen molar-refractivity contribution >= 4 is 23.7 Å². The third-order valence-corrected chi connectivity index (χ3v) is 2.72. The summed E-state index contributed by atoms with van der Waals surface area (Å²) in [6.45, 7) is 0.360. The van der Waals surface area contributed by atoms with Gasteiger partial charge in [0, 0.05) is 13.1 Å². The Morgan fingerprint density at radius 3 is 2.63 bits per heavy atom. The van der Waals surface area contributed by atoms with Crippen molar-refractivity contribution in [1.82, 2.24) is 10.2 Å². The third-order valence-electron chi connectivity index (χ3n) is 2.72. The second-order valence-electron chi connectivity index (χ2n) is 4.21. The molecule has 0 radical (unpaired) electrons. The van der Waals surface area contributed by atoms with Gasteiger partial charge in [0.25, 0.3) is 0 Å². The summed E-state index contributed by atoms with van der Waals surface area (Å²) in [5.74, 6) is -3.14. The van der Waals surface area contributed by atoms with Gasteiger partial charge in [0.05, 0.1) is 18.9 Å². The van der Waals surface area contributed by atoms with E-state index in [0.29, 0.717) is 0 Å². The van der Waals surface area contributed by atoms with Crippen LogP contribution in [0.2, 0.25) is 0 Å². The molecule has 2 atom stereocenters. The summed E-state index contributed by atoms with van der Waals surface area (Å²) in [5.41, 5.74) is 10.5. The summed E-state index contributed by atoms with van der Waals surface area (Å²) in [6, 6.07) is -2.28. The maximum absolute atomic E-state index is 12.0. The minimum absolute atomic E-state index is 0.148. The molecular formula is C10H16N4O5. The number of carboxylic acid groups (broad SMARTS) is 1. The Hall–Kier alpha value is -2.16. The molecule has 0 aromatic carbocycles. The average Bonchev–Trinajstić information content (AvgIpc) is 2.29. The summed E-state index contributed by atoms with van der Waals surface area (Å²) in [4.78, 5) is 46.1. The lowest BCUT2D eigenvalue weighted by molar-refractivity contribution is -0.149. The number of carbonyl (C=O) groups excluding carboxylic acids is 3. The normalized spacial score (nSPS) is 20.6. The first kappa shape index (κ1) is 14.9. The molecule has 0 saturated carbocycles. The summed E-state index contributed by atoms with van der Waals surface area (Å²) >= 11 is 0. The number of amides is 3. The second kappa shape index (κ2) is 6.14. The molecule has 9 heteroatoms. The second-order valence-corrected chi connectivity index (χ2v) is 4.21. The van der Waals surface area contributed by atoms with Crippen molar-refractivity contribution < 1.29 is 24.3 Å². The minimum atomic E-state index is -1.21. The molecule has 3 amide bonds. The molecule has 0 bridgehead atoms. The quantitative estimate of drug-likeness (QED) is 0.417. The predicted molar refractivity (Wildman–Crippen MR) is 62.6 cm³/mol. The highest BCUT2D eigenvalue weighted by Gasteiger charge is 2.36. The van der Waals surface area contributed by atoms with E-state index in [1.807, 2.05) is 0 Å². The van der Waals surface area contributed by atoms with Crippen LogP contribution in [0, 0.1) is 0 Å². The molecule has 9 nitrogen and oxygen atoms in total. The van der Waals surface area contributed by atoms with Crippen molar-refractivity contribution in [3.8, 4) is 0 Å². The summed E-state index contributed by atoms with van der Waals surface area (Å²) in [5, 5.41) is 11.2. The molecule has 0 aliphatic carbocycles. The van der Waals surface area contributed by atoms with Crippen molar-refractivity contribution in [2.75, 3.05) is 13.1 Å². The number of carbonyl (C=O) groups is 4. The molecule has 0 aromatic rings. The zero-order valence-corrected chi connectivity index (χ0v) is 10.2. The molecule has 2 unspecified atom stereocenters. The fourth-order valence-electron chi connectivity index (χ4n) is 1.86. The van der Waals surface area contributed by atoms with E-state index in [4.69, 9.17) is 16.6 Å². The summed E-state index contributed by atoms with van der Waals surface area (Å²) in [6.07, 6.45) is -0.863. The van der Waals surface area contributed by atoms with Crippen molar-refractivity contribution in [1.29, 1.82) is 0 Å². The van der Waals surface area contributed by atoms with Crippen LogP contribution < -0.4 is 16.8 Å². The number of hydrogen-bond donors (Lipinski definition) is 4. The number of piperazine rings is 1. The van der Waals surface area contributed by atoms with E-state index in [1.54, 1.807) is 0 Å². The van der Waals surface area contributed by atoms with E-state index < -0.39 is 42.2 Å². The Bertz CT molecular complexity index is 411. The molecule has 106 valence electrons. The minimum Gasteiger partial charge on any atom is -0.481 e. The predicted octanol–water partition coefficient (Wildman–Crippen LogP) is -3.01. The highest BCUT2D eigenvalue weighted by molar-refractivity contribution is 5.94. The molecule has 1 saturated heterocycles. The van der Waals surface area contributed by atoms with Gasteiger partial charge in [0.1, 0.15) is 6.04 Å². The third kappa shape index (κ3) is 3.91. The number of rotatable bonds is 5. The molecule has 1 aliphatic rings. The summed E-state index contributed by atoms with van der Waals surface area (Å²) in [7, 11) is 0. The van der Waals surface area contributed by atoms with Crippen LogP contribution >= 0.6 is 0 Å². The number of primary amides is 1. The molecule has 1 aliphatic heterocycles. The largest absolute Gasteiger partial charge is 0.481 e. The van der Waals surface area contributed by atoms with Crippen LogP contribution in [-0.4, -0.2) is 58.9 Å². The van der Waals surface area contributed by atoms with Gasteiger partial charge in [0.2, 0.25) is 17.7 Å². The zero-order chi connectivity index (χ0) is 14.6. The Morgan fingerprint density at radius 1 is 1.47 bits per heavy atom. The first-order valence-electron chi connectivity index (χ1n) is 5.66. The molecular weight excluding hydrogens is 256 g/mol. The standard InChI is InChI=1S/C10H16N4O5/c11-5(3-7(12)15)10(19)14-2-1-13-9(18)6(14)4-8(16)17/h5-6H,1-4,11H2,(H2,12,15)(H,13,18)(H,16,17). The Labute approximate surface area is 108 Å². The zero-order valence-electron chi connectivity index (χ0n) is 10.2. The number of carboxylic acids is 1. The van der Waals surface area contributed by atoms with Crippen molar-refractivity contribution in [3.63, 3.8) is 0 Å². The fraction of sp³-hybridized carbons (Fsp3) is 0.600. The number of aliphatic carboxylic acids is 1. The molecule has 1 rings (SSSR count). The van der Waals surface area contributed by atoms with Crippen LogP contribution in [-0.2, 0) is 19.2 Å². The van der Waals surface area contributed by atoms with Gasteiger partial charge in [-0.3, -0.25) is 19.2 Å². The van der Waals surface area contributed by atoms with E-state index in [0.717, 1.165) is 4.90 Å². The lowest BCUT2D eigenvalue weighted by Crippen LogP contribution is -2.61. The van der Waals surface area contributed by atoms with Crippen LogP contribution in [0.1, 0.15) is 12.8 Å². The van der Waals surface area contributed by atoms with Gasteiger partial charge in [-0.15, -0.1) is 0 Å². The maximum Gasteiger partial charge on any atom is 0.305 e.